The Labute approximate surface area is 111 Å². The van der Waals surface area contributed by atoms with Gasteiger partial charge in [-0.25, -0.2) is 0 Å². The number of pyridine rings is 1. The van der Waals surface area contributed by atoms with E-state index in [4.69, 9.17) is 10.5 Å². The molecule has 0 saturated carbocycles. The molecule has 1 amide bonds. The van der Waals surface area contributed by atoms with Crippen molar-refractivity contribution in [3.63, 3.8) is 0 Å². The lowest BCUT2D eigenvalue weighted by Crippen LogP contribution is -2.51. The number of aromatic amines is 1. The summed E-state index contributed by atoms with van der Waals surface area (Å²) in [5, 5.41) is 0. The molecule has 19 heavy (non-hydrogen) atoms. The van der Waals surface area contributed by atoms with E-state index < -0.39 is 0 Å². The highest BCUT2D eigenvalue weighted by atomic mass is 16.5. The van der Waals surface area contributed by atoms with Crippen LogP contribution in [0.2, 0.25) is 0 Å². The predicted octanol–water partition coefficient (Wildman–Crippen LogP) is -0.0468. The lowest BCUT2D eigenvalue weighted by molar-refractivity contribution is 0.0136. The first-order valence-electron chi connectivity index (χ1n) is 6.39. The zero-order valence-corrected chi connectivity index (χ0v) is 11.0. The maximum atomic E-state index is 12.4. The summed E-state index contributed by atoms with van der Waals surface area (Å²) in [6, 6.07) is 4.52. The molecule has 6 nitrogen and oxygen atoms in total. The number of ether oxygens (including phenoxy) is 1. The van der Waals surface area contributed by atoms with Crippen LogP contribution in [0.25, 0.3) is 0 Å². The molecule has 3 N–H and O–H groups in total. The summed E-state index contributed by atoms with van der Waals surface area (Å²) in [5.41, 5.74) is 5.77. The van der Waals surface area contributed by atoms with Crippen molar-refractivity contribution < 1.29 is 9.53 Å². The molecular weight excluding hydrogens is 246 g/mol. The van der Waals surface area contributed by atoms with Crippen molar-refractivity contribution in [2.45, 2.75) is 25.0 Å². The maximum Gasteiger partial charge on any atom is 0.270 e. The average molecular weight is 265 g/mol. The number of piperidine rings is 1. The molecule has 0 aliphatic carbocycles. The van der Waals surface area contributed by atoms with Gasteiger partial charge in [-0.15, -0.1) is 0 Å². The number of hydrogen-bond donors (Lipinski definition) is 2. The summed E-state index contributed by atoms with van der Waals surface area (Å²) in [6.45, 7) is 0.985. The van der Waals surface area contributed by atoms with Crippen LogP contribution in [0.3, 0.4) is 0 Å². The minimum Gasteiger partial charge on any atom is -0.381 e. The van der Waals surface area contributed by atoms with Crippen molar-refractivity contribution >= 4 is 5.91 Å². The maximum absolute atomic E-state index is 12.4. The summed E-state index contributed by atoms with van der Waals surface area (Å²) < 4.78 is 5.32. The van der Waals surface area contributed by atoms with E-state index in [1.54, 1.807) is 24.1 Å². The Balaban J connectivity index is 2.16. The third kappa shape index (κ3) is 3.02. The second kappa shape index (κ2) is 5.99. The molecule has 2 rings (SSSR count). The number of nitrogens with two attached hydrogens (primary N) is 1. The fourth-order valence-corrected chi connectivity index (χ4v) is 2.45. The number of H-pyrrole nitrogens is 1. The number of nitrogens with one attached hydrogen (secondary N) is 1. The van der Waals surface area contributed by atoms with E-state index in [2.05, 4.69) is 4.98 Å². The normalized spacial score (nSPS) is 23.4. The van der Waals surface area contributed by atoms with Gasteiger partial charge in [-0.05, 0) is 18.9 Å². The Kier molecular flexibility index (Phi) is 4.34. The van der Waals surface area contributed by atoms with Crippen molar-refractivity contribution in [1.82, 2.24) is 9.88 Å². The topological polar surface area (TPSA) is 88.4 Å². The van der Waals surface area contributed by atoms with E-state index in [1.807, 2.05) is 0 Å². The van der Waals surface area contributed by atoms with E-state index in [-0.39, 0.29) is 23.6 Å². The standard InChI is InChI=1S/C13H19N3O3/c1-19-10-5-6-16(9(7-10)8-14)13(18)11-3-2-4-12(17)15-11/h2-4,9-10H,5-8,14H2,1H3,(H,15,17). The summed E-state index contributed by atoms with van der Waals surface area (Å²) in [6.07, 6.45) is 1.67. The largest absolute Gasteiger partial charge is 0.381 e. The third-order valence-corrected chi connectivity index (χ3v) is 3.53. The first kappa shape index (κ1) is 13.8. The Hall–Kier alpha value is -1.66. The second-order valence-corrected chi connectivity index (χ2v) is 4.70. The van der Waals surface area contributed by atoms with Gasteiger partial charge in [-0.3, -0.25) is 9.59 Å². The lowest BCUT2D eigenvalue weighted by Gasteiger charge is -2.38. The second-order valence-electron chi connectivity index (χ2n) is 4.70. The van der Waals surface area contributed by atoms with E-state index in [1.165, 1.54) is 6.07 Å². The number of nitrogens with zero attached hydrogens (tertiary/aromatic N) is 1. The summed E-state index contributed by atoms with van der Waals surface area (Å²) >= 11 is 0. The SMILES string of the molecule is COC1CCN(C(=O)c2cccc(=O)[nH]2)C(CN)C1. The van der Waals surface area contributed by atoms with Gasteiger partial charge in [0, 0.05) is 32.3 Å². The predicted molar refractivity (Wildman–Crippen MR) is 71.0 cm³/mol. The molecule has 104 valence electrons. The van der Waals surface area contributed by atoms with Crippen LogP contribution < -0.4 is 11.3 Å². The third-order valence-electron chi connectivity index (χ3n) is 3.53. The van der Waals surface area contributed by atoms with Crippen LogP contribution >= 0.6 is 0 Å². The van der Waals surface area contributed by atoms with Crippen LogP contribution in [0, 0.1) is 0 Å². The molecule has 2 heterocycles. The summed E-state index contributed by atoms with van der Waals surface area (Å²) in [7, 11) is 1.67. The Morgan fingerprint density at radius 1 is 1.58 bits per heavy atom. The number of rotatable bonds is 3. The van der Waals surface area contributed by atoms with Crippen LogP contribution in [-0.4, -0.2) is 48.1 Å². The van der Waals surface area contributed by atoms with Gasteiger partial charge in [0.25, 0.3) is 5.91 Å². The van der Waals surface area contributed by atoms with Gasteiger partial charge in [0.1, 0.15) is 5.69 Å². The number of carbonyl (C=O) groups excluding carboxylic acids is 1. The molecule has 0 bridgehead atoms. The molecule has 1 aromatic rings. The monoisotopic (exact) mass is 265 g/mol. The lowest BCUT2D eigenvalue weighted by atomic mass is 9.99. The number of aromatic nitrogens is 1. The van der Waals surface area contributed by atoms with Crippen LogP contribution in [0.5, 0.6) is 0 Å². The molecule has 1 aliphatic heterocycles. The molecule has 2 atom stereocenters. The molecular formula is C13H19N3O3. The van der Waals surface area contributed by atoms with Gasteiger partial charge < -0.3 is 20.4 Å². The zero-order valence-electron chi connectivity index (χ0n) is 11.0. The highest BCUT2D eigenvalue weighted by Gasteiger charge is 2.31. The van der Waals surface area contributed by atoms with Gasteiger partial charge in [0.2, 0.25) is 5.56 Å². The van der Waals surface area contributed by atoms with Gasteiger partial charge in [0.15, 0.2) is 0 Å². The van der Waals surface area contributed by atoms with E-state index in [0.717, 1.165) is 12.8 Å². The Bertz CT molecular complexity index is 500. The number of likely N-dealkylation sites (tertiary alicyclic amines) is 1. The molecule has 0 radical (unpaired) electrons. The minimum absolute atomic E-state index is 0.0464. The van der Waals surface area contributed by atoms with E-state index in [0.29, 0.717) is 18.8 Å². The van der Waals surface area contributed by atoms with E-state index >= 15 is 0 Å². The van der Waals surface area contributed by atoms with Gasteiger partial charge in [-0.2, -0.15) is 0 Å². The molecule has 2 unspecified atom stereocenters. The smallest absolute Gasteiger partial charge is 0.270 e. The van der Waals surface area contributed by atoms with Crippen LogP contribution in [0.1, 0.15) is 23.3 Å². The van der Waals surface area contributed by atoms with Crippen LogP contribution in [0.4, 0.5) is 0 Å². The van der Waals surface area contributed by atoms with Crippen molar-refractivity contribution in [1.29, 1.82) is 0 Å². The summed E-state index contributed by atoms with van der Waals surface area (Å²) in [4.78, 5) is 27.9. The molecule has 6 heteroatoms. The van der Waals surface area contributed by atoms with Crippen molar-refractivity contribution in [2.75, 3.05) is 20.2 Å². The highest BCUT2D eigenvalue weighted by Crippen LogP contribution is 2.20. The molecule has 1 aromatic heterocycles. The number of methoxy groups -OCH3 is 1. The molecule has 0 aromatic carbocycles. The van der Waals surface area contributed by atoms with Gasteiger partial charge in [-0.1, -0.05) is 6.07 Å². The number of hydrogen-bond acceptors (Lipinski definition) is 4. The first-order valence-corrected chi connectivity index (χ1v) is 6.39. The average Bonchev–Trinajstić information content (AvgIpc) is 2.45. The molecule has 1 saturated heterocycles. The van der Waals surface area contributed by atoms with Crippen molar-refractivity contribution in [3.8, 4) is 0 Å². The van der Waals surface area contributed by atoms with Crippen molar-refractivity contribution in [2.24, 2.45) is 5.73 Å². The number of amides is 1. The van der Waals surface area contributed by atoms with Crippen molar-refractivity contribution in [3.05, 3.63) is 34.2 Å². The quantitative estimate of drug-likeness (QED) is 0.802. The first-order chi connectivity index (χ1) is 9.15. The van der Waals surface area contributed by atoms with E-state index in [9.17, 15) is 9.59 Å². The fraction of sp³-hybridized carbons (Fsp3) is 0.538. The molecule has 1 fully saturated rings. The van der Waals surface area contributed by atoms with Gasteiger partial charge in [0.05, 0.1) is 6.10 Å². The molecule has 0 spiro atoms. The van der Waals surface area contributed by atoms with Crippen LogP contribution in [0.15, 0.2) is 23.0 Å². The Morgan fingerprint density at radius 3 is 3.00 bits per heavy atom. The fourth-order valence-electron chi connectivity index (χ4n) is 2.45. The highest BCUT2D eigenvalue weighted by molar-refractivity contribution is 5.92. The number of carbonyl (C=O) groups is 1. The van der Waals surface area contributed by atoms with Gasteiger partial charge >= 0.3 is 0 Å². The van der Waals surface area contributed by atoms with Crippen LogP contribution in [-0.2, 0) is 4.74 Å². The summed E-state index contributed by atoms with van der Waals surface area (Å²) in [5.74, 6) is -0.178. The zero-order chi connectivity index (χ0) is 13.8. The Morgan fingerprint density at radius 2 is 2.37 bits per heavy atom. The molecule has 1 aliphatic rings. The minimum atomic E-state index is -0.276.